The standard InChI is InChI=1S/C20H21NO6/c1-12-5-8-15(9-6-12)27-13(2)18(22)21-17-11-14(19(23)25-3)7-10-16(17)20(24)26-4/h5-11,13H,1-4H3,(H,21,22). The molecule has 1 N–H and O–H groups in total. The van der Waals surface area contributed by atoms with Crippen LogP contribution in [0.5, 0.6) is 5.75 Å². The van der Waals surface area contributed by atoms with Gasteiger partial charge >= 0.3 is 11.9 Å². The molecule has 7 heteroatoms. The number of aryl methyl sites for hydroxylation is 1. The summed E-state index contributed by atoms with van der Waals surface area (Å²) in [5.74, 6) is -1.18. The number of ether oxygens (including phenoxy) is 3. The molecule has 2 rings (SSSR count). The second kappa shape index (κ2) is 8.84. The number of hydrogen-bond acceptors (Lipinski definition) is 6. The van der Waals surface area contributed by atoms with Crippen LogP contribution in [0.15, 0.2) is 42.5 Å². The highest BCUT2D eigenvalue weighted by atomic mass is 16.5. The third-order valence-electron chi connectivity index (χ3n) is 3.81. The van der Waals surface area contributed by atoms with Crippen LogP contribution in [0.4, 0.5) is 5.69 Å². The van der Waals surface area contributed by atoms with Crippen molar-refractivity contribution in [2.75, 3.05) is 19.5 Å². The summed E-state index contributed by atoms with van der Waals surface area (Å²) in [7, 11) is 2.47. The summed E-state index contributed by atoms with van der Waals surface area (Å²) in [6.45, 7) is 3.53. The van der Waals surface area contributed by atoms with Gasteiger partial charge in [0.15, 0.2) is 6.10 Å². The second-order valence-electron chi connectivity index (χ2n) is 5.81. The number of benzene rings is 2. The Morgan fingerprint density at radius 3 is 2.15 bits per heavy atom. The van der Waals surface area contributed by atoms with Crippen LogP contribution in [0.3, 0.4) is 0 Å². The van der Waals surface area contributed by atoms with Crippen LogP contribution in [-0.2, 0) is 14.3 Å². The van der Waals surface area contributed by atoms with Crippen LogP contribution in [0.2, 0.25) is 0 Å². The Hall–Kier alpha value is -3.35. The number of anilines is 1. The topological polar surface area (TPSA) is 90.9 Å². The van der Waals surface area contributed by atoms with Crippen molar-refractivity contribution >= 4 is 23.5 Å². The van der Waals surface area contributed by atoms with Gasteiger partial charge in [0.1, 0.15) is 5.75 Å². The Balaban J connectivity index is 2.22. The van der Waals surface area contributed by atoms with E-state index in [1.807, 2.05) is 19.1 Å². The fraction of sp³-hybridized carbons (Fsp3) is 0.250. The number of carbonyl (C=O) groups excluding carboxylic acids is 3. The molecular weight excluding hydrogens is 350 g/mol. The van der Waals surface area contributed by atoms with Crippen molar-refractivity contribution in [1.29, 1.82) is 0 Å². The average molecular weight is 371 g/mol. The van der Waals surface area contributed by atoms with Crippen LogP contribution in [0.1, 0.15) is 33.2 Å². The molecule has 7 nitrogen and oxygen atoms in total. The molecule has 0 aliphatic carbocycles. The number of amides is 1. The van der Waals surface area contributed by atoms with E-state index in [-0.39, 0.29) is 16.8 Å². The Morgan fingerprint density at radius 2 is 1.56 bits per heavy atom. The van der Waals surface area contributed by atoms with Gasteiger partial charge in [-0.05, 0) is 44.2 Å². The zero-order valence-electron chi connectivity index (χ0n) is 15.6. The maximum Gasteiger partial charge on any atom is 0.339 e. The number of esters is 2. The fourth-order valence-electron chi connectivity index (χ4n) is 2.29. The highest BCUT2D eigenvalue weighted by Gasteiger charge is 2.21. The van der Waals surface area contributed by atoms with Crippen LogP contribution < -0.4 is 10.1 Å². The highest BCUT2D eigenvalue weighted by molar-refractivity contribution is 6.04. The molecule has 2 aromatic rings. The van der Waals surface area contributed by atoms with Crippen molar-refractivity contribution in [3.8, 4) is 5.75 Å². The number of nitrogens with one attached hydrogen (secondary N) is 1. The molecule has 0 aliphatic heterocycles. The molecule has 1 unspecified atom stereocenters. The lowest BCUT2D eigenvalue weighted by atomic mass is 10.1. The van der Waals surface area contributed by atoms with Gasteiger partial charge in [-0.2, -0.15) is 0 Å². The Kier molecular flexibility index (Phi) is 6.54. The summed E-state index contributed by atoms with van der Waals surface area (Å²) < 4.78 is 15.0. The van der Waals surface area contributed by atoms with Gasteiger partial charge < -0.3 is 19.5 Å². The fourth-order valence-corrected chi connectivity index (χ4v) is 2.29. The Morgan fingerprint density at radius 1 is 0.926 bits per heavy atom. The van der Waals surface area contributed by atoms with Crippen LogP contribution >= 0.6 is 0 Å². The number of carbonyl (C=O) groups is 3. The van der Waals surface area contributed by atoms with Gasteiger partial charge in [-0.25, -0.2) is 9.59 Å². The molecule has 0 aliphatic rings. The first kappa shape index (κ1) is 20.0. The second-order valence-corrected chi connectivity index (χ2v) is 5.81. The smallest absolute Gasteiger partial charge is 0.339 e. The van der Waals surface area contributed by atoms with Crippen molar-refractivity contribution < 1.29 is 28.6 Å². The maximum atomic E-state index is 12.5. The van der Waals surface area contributed by atoms with E-state index in [1.165, 1.54) is 32.4 Å². The highest BCUT2D eigenvalue weighted by Crippen LogP contribution is 2.21. The first-order valence-corrected chi connectivity index (χ1v) is 8.20. The molecule has 0 saturated carbocycles. The molecule has 0 saturated heterocycles. The molecular formula is C20H21NO6. The predicted octanol–water partition coefficient (Wildman–Crippen LogP) is 2.97. The van der Waals surface area contributed by atoms with E-state index in [0.717, 1.165) is 5.56 Å². The normalized spacial score (nSPS) is 11.3. The monoisotopic (exact) mass is 371 g/mol. The Labute approximate surface area is 157 Å². The van der Waals surface area contributed by atoms with Crippen molar-refractivity contribution in [1.82, 2.24) is 0 Å². The van der Waals surface area contributed by atoms with E-state index < -0.39 is 23.9 Å². The zero-order chi connectivity index (χ0) is 20.0. The molecule has 1 amide bonds. The summed E-state index contributed by atoms with van der Waals surface area (Å²) in [4.78, 5) is 36.2. The molecule has 0 radical (unpaired) electrons. The molecule has 0 spiro atoms. The molecule has 0 fully saturated rings. The van der Waals surface area contributed by atoms with Gasteiger partial charge in [0, 0.05) is 0 Å². The first-order valence-electron chi connectivity index (χ1n) is 8.20. The summed E-state index contributed by atoms with van der Waals surface area (Å²) in [5, 5.41) is 2.60. The van der Waals surface area contributed by atoms with E-state index in [4.69, 9.17) is 9.47 Å². The zero-order valence-corrected chi connectivity index (χ0v) is 15.6. The third kappa shape index (κ3) is 5.07. The first-order chi connectivity index (χ1) is 12.8. The minimum absolute atomic E-state index is 0.112. The lowest BCUT2D eigenvalue weighted by Crippen LogP contribution is -2.31. The minimum atomic E-state index is -0.833. The van der Waals surface area contributed by atoms with Crippen molar-refractivity contribution in [3.05, 3.63) is 59.2 Å². The van der Waals surface area contributed by atoms with Gasteiger partial charge in [0.25, 0.3) is 5.91 Å². The number of rotatable bonds is 6. The summed E-state index contributed by atoms with van der Waals surface area (Å²) in [5.41, 5.74) is 1.50. The lowest BCUT2D eigenvalue weighted by molar-refractivity contribution is -0.122. The molecule has 0 bridgehead atoms. The van der Waals surface area contributed by atoms with Gasteiger partial charge in [-0.3, -0.25) is 4.79 Å². The van der Waals surface area contributed by atoms with E-state index in [1.54, 1.807) is 19.1 Å². The van der Waals surface area contributed by atoms with Crippen LogP contribution in [-0.4, -0.2) is 38.2 Å². The van der Waals surface area contributed by atoms with Gasteiger partial charge in [0.2, 0.25) is 0 Å². The maximum absolute atomic E-state index is 12.5. The van der Waals surface area contributed by atoms with Crippen molar-refractivity contribution in [3.63, 3.8) is 0 Å². The van der Waals surface area contributed by atoms with Crippen molar-refractivity contribution in [2.24, 2.45) is 0 Å². The molecule has 27 heavy (non-hydrogen) atoms. The number of methoxy groups -OCH3 is 2. The van der Waals surface area contributed by atoms with E-state index in [0.29, 0.717) is 5.75 Å². The largest absolute Gasteiger partial charge is 0.481 e. The van der Waals surface area contributed by atoms with Gasteiger partial charge in [-0.1, -0.05) is 17.7 Å². The SMILES string of the molecule is COC(=O)c1ccc(C(=O)OC)c(NC(=O)C(C)Oc2ccc(C)cc2)c1. The van der Waals surface area contributed by atoms with E-state index >= 15 is 0 Å². The molecule has 0 aromatic heterocycles. The molecule has 142 valence electrons. The van der Waals surface area contributed by atoms with Gasteiger partial charge in [-0.15, -0.1) is 0 Å². The van der Waals surface area contributed by atoms with Crippen molar-refractivity contribution in [2.45, 2.75) is 20.0 Å². The summed E-state index contributed by atoms with van der Waals surface area (Å²) in [6, 6.07) is 11.4. The average Bonchev–Trinajstić information content (AvgIpc) is 2.68. The Bertz CT molecular complexity index is 844. The third-order valence-corrected chi connectivity index (χ3v) is 3.81. The van der Waals surface area contributed by atoms with E-state index in [9.17, 15) is 14.4 Å². The van der Waals surface area contributed by atoms with Gasteiger partial charge in [0.05, 0.1) is 31.0 Å². The molecule has 0 heterocycles. The minimum Gasteiger partial charge on any atom is -0.481 e. The lowest BCUT2D eigenvalue weighted by Gasteiger charge is -2.16. The summed E-state index contributed by atoms with van der Waals surface area (Å²) in [6.07, 6.45) is -0.833. The number of hydrogen-bond donors (Lipinski definition) is 1. The van der Waals surface area contributed by atoms with Crippen LogP contribution in [0.25, 0.3) is 0 Å². The predicted molar refractivity (Wildman–Crippen MR) is 99.0 cm³/mol. The quantitative estimate of drug-likeness (QED) is 0.785. The molecule has 2 aromatic carbocycles. The van der Waals surface area contributed by atoms with E-state index in [2.05, 4.69) is 10.1 Å². The molecule has 1 atom stereocenters. The van der Waals surface area contributed by atoms with Crippen LogP contribution in [0, 0.1) is 6.92 Å². The summed E-state index contributed by atoms with van der Waals surface area (Å²) >= 11 is 0.